The lowest BCUT2D eigenvalue weighted by Crippen LogP contribution is -2.20. The highest BCUT2D eigenvalue weighted by Gasteiger charge is 2.39. The normalized spacial score (nSPS) is 23.5. The van der Waals surface area contributed by atoms with E-state index in [-0.39, 0.29) is 36.6 Å². The molecule has 6 nitrogen and oxygen atoms in total. The number of nitrogens with two attached hydrogens (primary N) is 1. The number of allylic oxidation sites excluding steroid dienone is 2. The number of rotatable bonds is 11. The smallest absolute Gasteiger partial charge is 0.217 e. The highest BCUT2D eigenvalue weighted by molar-refractivity contribution is 5.84. The molecule has 152 valence electrons. The molecule has 2 rings (SSSR count). The zero-order valence-corrected chi connectivity index (χ0v) is 15.9. The molecule has 4 atom stereocenters. The molecule has 1 aromatic carbocycles. The number of unbranched alkanes of at least 4 members (excludes halogenated alkanes) is 1. The summed E-state index contributed by atoms with van der Waals surface area (Å²) in [5, 5.41) is 20.3. The van der Waals surface area contributed by atoms with E-state index in [1.54, 1.807) is 12.2 Å². The number of ketones is 1. The Morgan fingerprint density at radius 3 is 2.75 bits per heavy atom. The maximum Gasteiger partial charge on any atom is 0.217 e. The summed E-state index contributed by atoms with van der Waals surface area (Å²) >= 11 is 0. The highest BCUT2D eigenvalue weighted by Crippen LogP contribution is 2.33. The van der Waals surface area contributed by atoms with E-state index in [9.17, 15) is 19.8 Å². The van der Waals surface area contributed by atoms with Gasteiger partial charge in [-0.1, -0.05) is 42.5 Å². The standard InChI is InChI=1S/C22H29NO5/c23-22(27)11-7-2-1-6-10-18-19(21(26)14-20(18)25)13-12-16(24)15-28-17-8-4-3-5-9-17/h1,3-6,8-9,12-13,16,18-19,21,24,26H,2,7,10-11,14-15H2,(H2,23,27)/b6-1+,13-12+. The quantitative estimate of drug-likeness (QED) is 0.398. The van der Waals surface area contributed by atoms with Crippen LogP contribution in [-0.2, 0) is 9.59 Å². The second kappa shape index (κ2) is 11.4. The second-order valence-electron chi connectivity index (χ2n) is 7.06. The van der Waals surface area contributed by atoms with Gasteiger partial charge in [0.25, 0.3) is 0 Å². The number of ether oxygens (including phenoxy) is 1. The lowest BCUT2D eigenvalue weighted by atomic mass is 9.90. The Morgan fingerprint density at radius 2 is 2.04 bits per heavy atom. The molecule has 0 saturated heterocycles. The molecule has 1 aromatic rings. The first-order valence-corrected chi connectivity index (χ1v) is 9.65. The first-order valence-electron chi connectivity index (χ1n) is 9.65. The largest absolute Gasteiger partial charge is 0.491 e. The molecule has 0 heterocycles. The number of Topliss-reactive ketones (excluding diaryl/α,β-unsaturated/α-hetero) is 1. The molecule has 0 bridgehead atoms. The number of hydrogen-bond acceptors (Lipinski definition) is 5. The van der Waals surface area contributed by atoms with Crippen LogP contribution in [0.4, 0.5) is 0 Å². The predicted octanol–water partition coefficient (Wildman–Crippen LogP) is 2.15. The van der Waals surface area contributed by atoms with Crippen LogP contribution in [0.5, 0.6) is 5.75 Å². The zero-order chi connectivity index (χ0) is 20.4. The molecule has 0 aliphatic heterocycles. The minimum absolute atomic E-state index is 0.0268. The van der Waals surface area contributed by atoms with E-state index in [1.165, 1.54) is 0 Å². The second-order valence-corrected chi connectivity index (χ2v) is 7.06. The summed E-state index contributed by atoms with van der Waals surface area (Å²) in [4.78, 5) is 22.9. The number of amides is 1. The molecule has 0 aromatic heterocycles. The molecule has 0 radical (unpaired) electrons. The first kappa shape index (κ1) is 21.9. The van der Waals surface area contributed by atoms with Crippen LogP contribution in [-0.4, -0.2) is 40.7 Å². The topological polar surface area (TPSA) is 110 Å². The molecule has 1 amide bonds. The van der Waals surface area contributed by atoms with Crippen LogP contribution < -0.4 is 10.5 Å². The van der Waals surface area contributed by atoms with Gasteiger partial charge in [0.05, 0.1) is 6.10 Å². The number of carbonyl (C=O) groups excluding carboxylic acids is 2. The molecule has 1 aliphatic carbocycles. The van der Waals surface area contributed by atoms with Gasteiger partial charge >= 0.3 is 0 Å². The summed E-state index contributed by atoms with van der Waals surface area (Å²) in [7, 11) is 0. The van der Waals surface area contributed by atoms with Crippen molar-refractivity contribution >= 4 is 11.7 Å². The van der Waals surface area contributed by atoms with Gasteiger partial charge in [-0.15, -0.1) is 0 Å². The third kappa shape index (κ3) is 7.29. The van der Waals surface area contributed by atoms with Crippen LogP contribution in [0.1, 0.15) is 32.1 Å². The first-order chi connectivity index (χ1) is 13.5. The Morgan fingerprint density at radius 1 is 1.29 bits per heavy atom. The molecule has 4 N–H and O–H groups in total. The number of hydrogen-bond donors (Lipinski definition) is 3. The van der Waals surface area contributed by atoms with Crippen molar-refractivity contribution in [1.82, 2.24) is 0 Å². The molecule has 1 fully saturated rings. The SMILES string of the molecule is NC(=O)CCC/C=C/CC1C(=O)CC(O)C1/C=C/C(O)COc1ccccc1. The van der Waals surface area contributed by atoms with Crippen LogP contribution in [0.25, 0.3) is 0 Å². The van der Waals surface area contributed by atoms with E-state index >= 15 is 0 Å². The Hall–Kier alpha value is -2.44. The van der Waals surface area contributed by atoms with Crippen LogP contribution in [0.15, 0.2) is 54.6 Å². The summed E-state index contributed by atoms with van der Waals surface area (Å²) in [5.74, 6) is -0.248. The summed E-state index contributed by atoms with van der Waals surface area (Å²) in [6, 6.07) is 9.20. The van der Waals surface area contributed by atoms with Crippen molar-refractivity contribution in [3.8, 4) is 5.75 Å². The zero-order valence-electron chi connectivity index (χ0n) is 15.9. The van der Waals surface area contributed by atoms with E-state index in [0.717, 1.165) is 6.42 Å². The van der Waals surface area contributed by atoms with Crippen molar-refractivity contribution < 1.29 is 24.5 Å². The molecular formula is C22H29NO5. The third-order valence-corrected chi connectivity index (χ3v) is 4.80. The van der Waals surface area contributed by atoms with Gasteiger partial charge in [0.1, 0.15) is 24.2 Å². The Kier molecular flexibility index (Phi) is 8.91. The van der Waals surface area contributed by atoms with Gasteiger partial charge in [-0.25, -0.2) is 0 Å². The fourth-order valence-corrected chi connectivity index (χ4v) is 3.29. The third-order valence-electron chi connectivity index (χ3n) is 4.80. The van der Waals surface area contributed by atoms with E-state index in [1.807, 2.05) is 42.5 Å². The van der Waals surface area contributed by atoms with Crippen LogP contribution in [0.2, 0.25) is 0 Å². The minimum Gasteiger partial charge on any atom is -0.491 e. The fourth-order valence-electron chi connectivity index (χ4n) is 3.29. The predicted molar refractivity (Wildman–Crippen MR) is 106 cm³/mol. The summed E-state index contributed by atoms with van der Waals surface area (Å²) in [5.41, 5.74) is 5.10. The molecule has 1 aliphatic rings. The van der Waals surface area contributed by atoms with Gasteiger partial charge in [-0.05, 0) is 31.4 Å². The minimum atomic E-state index is -0.826. The van der Waals surface area contributed by atoms with Gasteiger partial charge < -0.3 is 20.7 Å². The molecule has 0 spiro atoms. The molecule has 1 saturated carbocycles. The number of para-hydroxylation sites is 1. The molecule has 4 unspecified atom stereocenters. The van der Waals surface area contributed by atoms with E-state index in [2.05, 4.69) is 0 Å². The van der Waals surface area contributed by atoms with Gasteiger partial charge in [-0.3, -0.25) is 9.59 Å². The van der Waals surface area contributed by atoms with E-state index < -0.39 is 12.2 Å². The van der Waals surface area contributed by atoms with Gasteiger partial charge in [0.15, 0.2) is 0 Å². The van der Waals surface area contributed by atoms with Crippen molar-refractivity contribution in [3.63, 3.8) is 0 Å². The van der Waals surface area contributed by atoms with Gasteiger partial charge in [0, 0.05) is 24.7 Å². The summed E-state index contributed by atoms with van der Waals surface area (Å²) in [6.45, 7) is 0.0989. The van der Waals surface area contributed by atoms with Gasteiger partial charge in [-0.2, -0.15) is 0 Å². The van der Waals surface area contributed by atoms with Crippen LogP contribution in [0.3, 0.4) is 0 Å². The summed E-state index contributed by atoms with van der Waals surface area (Å²) in [6.07, 6.45) is 8.00. The molecule has 28 heavy (non-hydrogen) atoms. The van der Waals surface area contributed by atoms with Crippen molar-refractivity contribution in [2.24, 2.45) is 17.6 Å². The van der Waals surface area contributed by atoms with Crippen LogP contribution in [0, 0.1) is 11.8 Å². The van der Waals surface area contributed by atoms with Crippen LogP contribution >= 0.6 is 0 Å². The van der Waals surface area contributed by atoms with E-state index in [0.29, 0.717) is 25.0 Å². The number of benzene rings is 1. The summed E-state index contributed by atoms with van der Waals surface area (Å²) < 4.78 is 5.50. The maximum absolute atomic E-state index is 12.2. The number of aliphatic hydroxyl groups is 2. The average molecular weight is 387 g/mol. The highest BCUT2D eigenvalue weighted by atomic mass is 16.5. The lowest BCUT2D eigenvalue weighted by molar-refractivity contribution is -0.121. The van der Waals surface area contributed by atoms with Crippen molar-refractivity contribution in [3.05, 3.63) is 54.6 Å². The van der Waals surface area contributed by atoms with Crippen molar-refractivity contribution in [2.45, 2.75) is 44.3 Å². The van der Waals surface area contributed by atoms with Gasteiger partial charge in [0.2, 0.25) is 5.91 Å². The number of aliphatic hydroxyl groups excluding tert-OH is 2. The number of primary amides is 1. The monoisotopic (exact) mass is 387 g/mol. The van der Waals surface area contributed by atoms with Crippen molar-refractivity contribution in [2.75, 3.05) is 6.61 Å². The number of carbonyl (C=O) groups is 2. The maximum atomic E-state index is 12.2. The molecular weight excluding hydrogens is 358 g/mol. The average Bonchev–Trinajstić information content (AvgIpc) is 2.94. The van der Waals surface area contributed by atoms with Crippen molar-refractivity contribution in [1.29, 1.82) is 0 Å². The Labute approximate surface area is 165 Å². The Balaban J connectivity index is 1.82. The lowest BCUT2D eigenvalue weighted by Gasteiger charge is -2.17. The van der Waals surface area contributed by atoms with E-state index in [4.69, 9.17) is 10.5 Å². The molecule has 6 heteroatoms. The fraction of sp³-hybridized carbons (Fsp3) is 0.455. The Bertz CT molecular complexity index is 685.